The van der Waals surface area contributed by atoms with Gasteiger partial charge in [-0.2, -0.15) is 0 Å². The topological polar surface area (TPSA) is 62.3 Å². The molecule has 1 unspecified atom stereocenters. The van der Waals surface area contributed by atoms with Crippen LogP contribution in [0, 0.1) is 0 Å². The zero-order valence-corrected chi connectivity index (χ0v) is 19.0. The van der Waals surface area contributed by atoms with Crippen LogP contribution in [0.2, 0.25) is 0 Å². The second-order valence-corrected chi connectivity index (χ2v) is 8.69. The van der Waals surface area contributed by atoms with E-state index in [9.17, 15) is 9.59 Å². The quantitative estimate of drug-likeness (QED) is 0.455. The summed E-state index contributed by atoms with van der Waals surface area (Å²) >= 11 is 0. The first-order chi connectivity index (χ1) is 16.7. The van der Waals surface area contributed by atoms with Crippen molar-refractivity contribution < 1.29 is 9.59 Å². The standard InChI is InChI=1S/C29H27N3O2/c33-28(31-26-17-9-10-18-32(26)29(34)22-13-5-2-6-14-22)27-23(19-21-11-3-1-4-12-21)20-30-25-16-8-7-15-24(25)27/h1-8,11-16,20,26H,9-10,17-19H2,(H,31,33). The van der Waals surface area contributed by atoms with Crippen LogP contribution in [0.15, 0.2) is 91.1 Å². The fraction of sp³-hybridized carbons (Fsp3) is 0.207. The molecule has 1 saturated heterocycles. The van der Waals surface area contributed by atoms with Crippen molar-refractivity contribution in [3.8, 4) is 0 Å². The number of hydrogen-bond acceptors (Lipinski definition) is 3. The molecule has 3 aromatic carbocycles. The van der Waals surface area contributed by atoms with Gasteiger partial charge in [-0.25, -0.2) is 0 Å². The van der Waals surface area contributed by atoms with Crippen molar-refractivity contribution in [2.75, 3.05) is 6.54 Å². The Balaban J connectivity index is 1.47. The van der Waals surface area contributed by atoms with Gasteiger partial charge in [0, 0.05) is 23.7 Å². The first kappa shape index (κ1) is 21.8. The van der Waals surface area contributed by atoms with E-state index < -0.39 is 0 Å². The lowest BCUT2D eigenvalue weighted by Crippen LogP contribution is -2.53. The van der Waals surface area contributed by atoms with Gasteiger partial charge in [0.15, 0.2) is 0 Å². The summed E-state index contributed by atoms with van der Waals surface area (Å²) in [5.74, 6) is -0.211. The Hall–Kier alpha value is -3.99. The number of likely N-dealkylation sites (tertiary alicyclic amines) is 1. The lowest BCUT2D eigenvalue weighted by Gasteiger charge is -2.36. The summed E-state index contributed by atoms with van der Waals surface area (Å²) in [5.41, 5.74) is 4.05. The predicted octanol–water partition coefficient (Wildman–Crippen LogP) is 5.21. The highest BCUT2D eigenvalue weighted by Crippen LogP contribution is 2.25. The number of amides is 2. The molecule has 5 heteroatoms. The number of carbonyl (C=O) groups is 2. The molecule has 1 aliphatic rings. The summed E-state index contributed by atoms with van der Waals surface area (Å²) < 4.78 is 0. The molecule has 0 radical (unpaired) electrons. The van der Waals surface area contributed by atoms with Gasteiger partial charge < -0.3 is 10.2 Å². The molecule has 1 aromatic heterocycles. The van der Waals surface area contributed by atoms with Gasteiger partial charge in [0.25, 0.3) is 11.8 Å². The van der Waals surface area contributed by atoms with Crippen LogP contribution in [0.3, 0.4) is 0 Å². The maximum Gasteiger partial charge on any atom is 0.255 e. The number of carbonyl (C=O) groups excluding carboxylic acids is 2. The minimum absolute atomic E-state index is 0.0466. The molecule has 5 rings (SSSR count). The van der Waals surface area contributed by atoms with E-state index in [1.165, 1.54) is 0 Å². The van der Waals surface area contributed by atoms with E-state index in [4.69, 9.17) is 0 Å². The number of nitrogens with zero attached hydrogens (tertiary/aromatic N) is 2. The monoisotopic (exact) mass is 449 g/mol. The van der Waals surface area contributed by atoms with E-state index in [1.54, 1.807) is 11.1 Å². The smallest absolute Gasteiger partial charge is 0.255 e. The fourth-order valence-electron chi connectivity index (χ4n) is 4.70. The highest BCUT2D eigenvalue weighted by molar-refractivity contribution is 6.07. The highest BCUT2D eigenvalue weighted by Gasteiger charge is 2.30. The molecule has 2 amide bonds. The van der Waals surface area contributed by atoms with E-state index in [1.807, 2.05) is 72.8 Å². The third-order valence-corrected chi connectivity index (χ3v) is 6.40. The summed E-state index contributed by atoms with van der Waals surface area (Å²) in [6, 6.07) is 27.1. The van der Waals surface area contributed by atoms with Gasteiger partial charge in [0.05, 0.1) is 11.1 Å². The largest absolute Gasteiger partial charge is 0.332 e. The third-order valence-electron chi connectivity index (χ3n) is 6.40. The molecule has 1 N–H and O–H groups in total. The fourth-order valence-corrected chi connectivity index (χ4v) is 4.70. The van der Waals surface area contributed by atoms with Crippen molar-refractivity contribution in [2.24, 2.45) is 0 Å². The van der Waals surface area contributed by atoms with Crippen LogP contribution in [0.1, 0.15) is 51.1 Å². The SMILES string of the molecule is O=C(NC1CCCCN1C(=O)c1ccccc1)c1c(Cc2ccccc2)cnc2ccccc12. The number of fused-ring (bicyclic) bond motifs is 1. The zero-order valence-electron chi connectivity index (χ0n) is 19.0. The van der Waals surface area contributed by atoms with Crippen molar-refractivity contribution in [2.45, 2.75) is 31.8 Å². The number of para-hydroxylation sites is 1. The van der Waals surface area contributed by atoms with Crippen LogP contribution in [0.4, 0.5) is 0 Å². The Kier molecular flexibility index (Phi) is 6.34. The number of piperidine rings is 1. The van der Waals surface area contributed by atoms with Crippen LogP contribution >= 0.6 is 0 Å². The number of benzene rings is 3. The van der Waals surface area contributed by atoms with Crippen molar-refractivity contribution in [3.63, 3.8) is 0 Å². The molecule has 0 bridgehead atoms. The van der Waals surface area contributed by atoms with Crippen LogP contribution in [-0.4, -0.2) is 34.4 Å². The Bertz CT molecular complexity index is 1310. The molecule has 0 aliphatic carbocycles. The van der Waals surface area contributed by atoms with Crippen molar-refractivity contribution in [1.82, 2.24) is 15.2 Å². The number of rotatable bonds is 5. The van der Waals surface area contributed by atoms with Gasteiger partial charge in [-0.3, -0.25) is 14.6 Å². The van der Waals surface area contributed by atoms with Crippen molar-refractivity contribution >= 4 is 22.7 Å². The minimum atomic E-state index is -0.342. The van der Waals surface area contributed by atoms with Crippen molar-refractivity contribution in [1.29, 1.82) is 0 Å². The number of aromatic nitrogens is 1. The second kappa shape index (κ2) is 9.87. The van der Waals surface area contributed by atoms with Gasteiger partial charge in [0.1, 0.15) is 6.17 Å². The first-order valence-corrected chi connectivity index (χ1v) is 11.8. The summed E-state index contributed by atoms with van der Waals surface area (Å²) in [6.07, 6.45) is 4.71. The van der Waals surface area contributed by atoms with E-state index in [2.05, 4.69) is 22.4 Å². The maximum atomic E-state index is 13.8. The Labute approximate surface area is 199 Å². The molecule has 1 fully saturated rings. The van der Waals surface area contributed by atoms with Crippen LogP contribution in [-0.2, 0) is 6.42 Å². The first-order valence-electron chi connectivity index (χ1n) is 11.8. The maximum absolute atomic E-state index is 13.8. The van der Waals surface area contributed by atoms with Gasteiger partial charge in [-0.15, -0.1) is 0 Å². The molecule has 0 spiro atoms. The molecule has 2 heterocycles. The molecular formula is C29H27N3O2. The molecule has 1 atom stereocenters. The van der Waals surface area contributed by atoms with Gasteiger partial charge in [-0.1, -0.05) is 66.7 Å². The van der Waals surface area contributed by atoms with E-state index >= 15 is 0 Å². The summed E-state index contributed by atoms with van der Waals surface area (Å²) in [6.45, 7) is 0.632. The number of nitrogens with one attached hydrogen (secondary N) is 1. The van der Waals surface area contributed by atoms with E-state index in [0.29, 0.717) is 24.1 Å². The lowest BCUT2D eigenvalue weighted by atomic mass is 9.97. The van der Waals surface area contributed by atoms with Gasteiger partial charge in [-0.05, 0) is 55.0 Å². The van der Waals surface area contributed by atoms with Gasteiger partial charge in [0.2, 0.25) is 0 Å². The summed E-state index contributed by atoms with van der Waals surface area (Å²) in [5, 5.41) is 4.02. The highest BCUT2D eigenvalue weighted by atomic mass is 16.2. The molecule has 170 valence electrons. The van der Waals surface area contributed by atoms with Crippen LogP contribution in [0.25, 0.3) is 10.9 Å². The molecule has 4 aromatic rings. The zero-order chi connectivity index (χ0) is 23.3. The predicted molar refractivity (Wildman–Crippen MR) is 134 cm³/mol. The Morgan fingerprint density at radius 1 is 0.882 bits per heavy atom. The number of pyridine rings is 1. The summed E-state index contributed by atoms with van der Waals surface area (Å²) in [7, 11) is 0. The molecule has 1 aliphatic heterocycles. The molecule has 34 heavy (non-hydrogen) atoms. The minimum Gasteiger partial charge on any atom is -0.332 e. The van der Waals surface area contributed by atoms with Crippen molar-refractivity contribution in [3.05, 3.63) is 113 Å². The third kappa shape index (κ3) is 4.55. The molecule has 5 nitrogen and oxygen atoms in total. The van der Waals surface area contributed by atoms with E-state index in [-0.39, 0.29) is 18.0 Å². The number of hydrogen-bond donors (Lipinski definition) is 1. The average Bonchev–Trinajstić information content (AvgIpc) is 2.89. The molecule has 0 saturated carbocycles. The average molecular weight is 450 g/mol. The molecular weight excluding hydrogens is 422 g/mol. The lowest BCUT2D eigenvalue weighted by molar-refractivity contribution is 0.0539. The van der Waals surface area contributed by atoms with Crippen LogP contribution < -0.4 is 5.32 Å². The second-order valence-electron chi connectivity index (χ2n) is 8.69. The van der Waals surface area contributed by atoms with Crippen LogP contribution in [0.5, 0.6) is 0 Å². The van der Waals surface area contributed by atoms with Gasteiger partial charge >= 0.3 is 0 Å². The Morgan fingerprint density at radius 3 is 2.38 bits per heavy atom. The van der Waals surface area contributed by atoms with E-state index in [0.717, 1.165) is 41.3 Å². The Morgan fingerprint density at radius 2 is 1.59 bits per heavy atom. The normalized spacial score (nSPS) is 15.8. The summed E-state index contributed by atoms with van der Waals surface area (Å²) in [4.78, 5) is 33.4.